The average molecular weight is 547 g/mol. The summed E-state index contributed by atoms with van der Waals surface area (Å²) in [6, 6.07) is 15.3. The first kappa shape index (κ1) is 24.8. The number of H-pyrrole nitrogens is 1. The predicted molar refractivity (Wildman–Crippen MR) is 135 cm³/mol. The lowest BCUT2D eigenvalue weighted by atomic mass is 10.2. The number of rotatable bonds is 5. The van der Waals surface area contributed by atoms with Crippen LogP contribution in [-0.2, 0) is 11.0 Å². The van der Waals surface area contributed by atoms with Gasteiger partial charge in [-0.25, -0.2) is 9.37 Å². The summed E-state index contributed by atoms with van der Waals surface area (Å²) in [4.78, 5) is 33.7. The van der Waals surface area contributed by atoms with E-state index in [9.17, 15) is 27.2 Å². The van der Waals surface area contributed by atoms with Crippen molar-refractivity contribution >= 4 is 56.9 Å². The van der Waals surface area contributed by atoms with E-state index in [1.165, 1.54) is 18.2 Å². The van der Waals surface area contributed by atoms with E-state index in [0.717, 1.165) is 34.5 Å². The van der Waals surface area contributed by atoms with Gasteiger partial charge in [0.15, 0.2) is 5.16 Å². The van der Waals surface area contributed by atoms with E-state index in [0.29, 0.717) is 16.4 Å². The van der Waals surface area contributed by atoms with Crippen LogP contribution >= 0.6 is 23.4 Å². The van der Waals surface area contributed by atoms with Crippen molar-refractivity contribution in [2.45, 2.75) is 11.3 Å². The molecule has 0 aliphatic heterocycles. The fraction of sp³-hybridized carbons (Fsp3) is 0.0800. The van der Waals surface area contributed by atoms with E-state index < -0.39 is 29.0 Å². The number of nitrogens with zero attached hydrogens (tertiary/aromatic N) is 2. The minimum atomic E-state index is -4.62. The highest BCUT2D eigenvalue weighted by Gasteiger charge is 2.31. The van der Waals surface area contributed by atoms with Crippen LogP contribution in [0.15, 0.2) is 76.7 Å². The maximum absolute atomic E-state index is 14.7. The molecule has 0 fully saturated rings. The third kappa shape index (κ3) is 4.79. The molecule has 0 unspecified atom stereocenters. The fourth-order valence-corrected chi connectivity index (χ4v) is 4.76. The molecule has 0 spiro atoms. The molecular weight excluding hydrogens is 532 g/mol. The summed E-state index contributed by atoms with van der Waals surface area (Å²) >= 11 is 6.80. The standard InChI is InChI=1S/C25H15ClF4N4O2S/c26-15-10-9-13(25(28,29)30)11-18(15)31-20(35)12-37-24-33-21-14-5-1-3-7-17(14)32-22(21)23(36)34(24)19-8-4-2-6-16(19)27/h1-11,32H,12H2,(H,31,35). The first-order valence-corrected chi connectivity index (χ1v) is 12.1. The molecular formula is C25H15ClF4N4O2S. The number of para-hydroxylation sites is 2. The van der Waals surface area contributed by atoms with Crippen molar-refractivity contribution in [3.05, 3.63) is 93.5 Å². The van der Waals surface area contributed by atoms with Crippen molar-refractivity contribution in [2.24, 2.45) is 0 Å². The normalized spacial score (nSPS) is 11.8. The number of amides is 1. The third-order valence-electron chi connectivity index (χ3n) is 5.49. The topological polar surface area (TPSA) is 79.8 Å². The molecule has 0 bridgehead atoms. The molecule has 2 heterocycles. The Morgan fingerprint density at radius 2 is 1.81 bits per heavy atom. The summed E-state index contributed by atoms with van der Waals surface area (Å²) in [7, 11) is 0. The van der Waals surface area contributed by atoms with Gasteiger partial charge in [0.05, 0.1) is 27.7 Å². The lowest BCUT2D eigenvalue weighted by molar-refractivity contribution is -0.137. The Balaban J connectivity index is 1.53. The number of carbonyl (C=O) groups excluding carboxylic acids is 1. The molecule has 6 nitrogen and oxygen atoms in total. The Hall–Kier alpha value is -3.83. The zero-order valence-corrected chi connectivity index (χ0v) is 20.1. The first-order chi connectivity index (χ1) is 17.6. The van der Waals surface area contributed by atoms with E-state index in [1.54, 1.807) is 30.3 Å². The molecule has 0 aliphatic carbocycles. The zero-order chi connectivity index (χ0) is 26.3. The van der Waals surface area contributed by atoms with Crippen LogP contribution in [0.4, 0.5) is 23.2 Å². The Kier molecular flexibility index (Phi) is 6.42. The second-order valence-corrected chi connectivity index (χ2v) is 9.26. The number of nitrogens with one attached hydrogen (secondary N) is 2. The fourth-order valence-electron chi connectivity index (χ4n) is 3.80. The van der Waals surface area contributed by atoms with Gasteiger partial charge in [-0.15, -0.1) is 0 Å². The number of hydrogen-bond acceptors (Lipinski definition) is 4. The third-order valence-corrected chi connectivity index (χ3v) is 6.76. The number of fused-ring (bicyclic) bond motifs is 3. The van der Waals surface area contributed by atoms with Crippen LogP contribution in [0.5, 0.6) is 0 Å². The van der Waals surface area contributed by atoms with Crippen molar-refractivity contribution < 1.29 is 22.4 Å². The summed E-state index contributed by atoms with van der Waals surface area (Å²) in [5, 5.41) is 2.97. The van der Waals surface area contributed by atoms with Gasteiger partial charge in [-0.05, 0) is 36.4 Å². The van der Waals surface area contributed by atoms with Gasteiger partial charge in [0.2, 0.25) is 5.91 Å². The highest BCUT2D eigenvalue weighted by molar-refractivity contribution is 7.99. The number of benzene rings is 3. The van der Waals surface area contributed by atoms with E-state index in [2.05, 4.69) is 15.3 Å². The number of aromatic amines is 1. The maximum atomic E-state index is 14.7. The smallest absolute Gasteiger partial charge is 0.349 e. The highest BCUT2D eigenvalue weighted by atomic mass is 35.5. The number of aromatic nitrogens is 3. The molecule has 1 amide bonds. The van der Waals surface area contributed by atoms with Crippen molar-refractivity contribution in [2.75, 3.05) is 11.1 Å². The number of thioether (sulfide) groups is 1. The Bertz CT molecular complexity index is 1730. The molecule has 2 N–H and O–H groups in total. The van der Waals surface area contributed by atoms with E-state index in [1.807, 2.05) is 0 Å². The Labute approximate surface area is 215 Å². The van der Waals surface area contributed by atoms with Gasteiger partial charge >= 0.3 is 6.18 Å². The number of halogens is 5. The molecule has 12 heteroatoms. The average Bonchev–Trinajstić information content (AvgIpc) is 3.23. The van der Waals surface area contributed by atoms with E-state index in [-0.39, 0.29) is 32.8 Å². The first-order valence-electron chi connectivity index (χ1n) is 10.7. The van der Waals surface area contributed by atoms with Gasteiger partial charge in [-0.2, -0.15) is 13.2 Å². The second kappa shape index (κ2) is 9.56. The number of alkyl halides is 3. The van der Waals surface area contributed by atoms with Gasteiger partial charge in [0.25, 0.3) is 5.56 Å². The number of hydrogen-bond donors (Lipinski definition) is 2. The van der Waals surface area contributed by atoms with Crippen LogP contribution in [0.25, 0.3) is 27.6 Å². The molecule has 37 heavy (non-hydrogen) atoms. The summed E-state index contributed by atoms with van der Waals surface area (Å²) < 4.78 is 55.0. The van der Waals surface area contributed by atoms with E-state index in [4.69, 9.17) is 11.6 Å². The molecule has 0 aliphatic rings. The van der Waals surface area contributed by atoms with Crippen molar-refractivity contribution in [1.82, 2.24) is 14.5 Å². The van der Waals surface area contributed by atoms with Crippen LogP contribution in [0.1, 0.15) is 5.56 Å². The van der Waals surface area contributed by atoms with Crippen molar-refractivity contribution in [3.8, 4) is 5.69 Å². The Morgan fingerprint density at radius 3 is 2.57 bits per heavy atom. The number of anilines is 1. The summed E-state index contributed by atoms with van der Waals surface area (Å²) in [6.07, 6.45) is -4.62. The molecule has 0 saturated carbocycles. The maximum Gasteiger partial charge on any atom is 0.416 e. The van der Waals surface area contributed by atoms with Crippen molar-refractivity contribution in [3.63, 3.8) is 0 Å². The molecule has 5 aromatic rings. The molecule has 2 aromatic heterocycles. The summed E-state index contributed by atoms with van der Waals surface area (Å²) in [6.45, 7) is 0. The lowest BCUT2D eigenvalue weighted by Crippen LogP contribution is -2.23. The summed E-state index contributed by atoms with van der Waals surface area (Å²) in [5.74, 6) is -1.72. The lowest BCUT2D eigenvalue weighted by Gasteiger charge is -2.14. The number of carbonyl (C=O) groups is 1. The van der Waals surface area contributed by atoms with Crippen LogP contribution in [-0.4, -0.2) is 26.2 Å². The molecule has 0 atom stereocenters. The predicted octanol–water partition coefficient (Wildman–Crippen LogP) is 6.41. The van der Waals surface area contributed by atoms with Gasteiger partial charge in [0, 0.05) is 10.9 Å². The molecule has 0 radical (unpaired) electrons. The van der Waals surface area contributed by atoms with E-state index >= 15 is 0 Å². The molecule has 3 aromatic carbocycles. The van der Waals surface area contributed by atoms with Crippen LogP contribution in [0.2, 0.25) is 5.02 Å². The minimum Gasteiger partial charge on any atom is -0.349 e. The molecule has 5 rings (SSSR count). The second-order valence-electron chi connectivity index (χ2n) is 7.91. The van der Waals surface area contributed by atoms with Crippen LogP contribution < -0.4 is 10.9 Å². The highest BCUT2D eigenvalue weighted by Crippen LogP contribution is 2.34. The van der Waals surface area contributed by atoms with Crippen LogP contribution in [0.3, 0.4) is 0 Å². The Morgan fingerprint density at radius 1 is 1.08 bits per heavy atom. The SMILES string of the molecule is O=C(CSc1nc2c([nH]c3ccccc32)c(=O)n1-c1ccccc1F)Nc1cc(C(F)(F)F)ccc1Cl. The van der Waals surface area contributed by atoms with Gasteiger partial charge in [0.1, 0.15) is 16.9 Å². The molecule has 188 valence electrons. The minimum absolute atomic E-state index is 0.0256. The quantitative estimate of drug-likeness (QED) is 0.152. The summed E-state index contributed by atoms with van der Waals surface area (Å²) in [5.41, 5.74) is -0.667. The van der Waals surface area contributed by atoms with Gasteiger partial charge < -0.3 is 10.3 Å². The zero-order valence-electron chi connectivity index (χ0n) is 18.6. The van der Waals surface area contributed by atoms with Crippen LogP contribution in [0, 0.1) is 5.82 Å². The van der Waals surface area contributed by atoms with Gasteiger partial charge in [-0.3, -0.25) is 14.2 Å². The van der Waals surface area contributed by atoms with Gasteiger partial charge in [-0.1, -0.05) is 53.7 Å². The molecule has 0 saturated heterocycles. The van der Waals surface area contributed by atoms with Crippen molar-refractivity contribution in [1.29, 1.82) is 0 Å². The largest absolute Gasteiger partial charge is 0.416 e. The monoisotopic (exact) mass is 546 g/mol.